The lowest BCUT2D eigenvalue weighted by molar-refractivity contribution is -0.119. The van der Waals surface area contributed by atoms with E-state index < -0.39 is 0 Å². The molecule has 1 heterocycles. The fourth-order valence-electron chi connectivity index (χ4n) is 1.95. The standard InChI is InChI=1S/C14H19N3OS/c1-3-6-10(2)15-13(18)9-19-14-16-11-7-4-5-8-12(11)17-14/h4-5,7-8,10H,3,6,9H2,1-2H3,(H,15,18)(H,16,17)/t10-/m0/s1. The van der Waals surface area contributed by atoms with Crippen LogP contribution in [0, 0.1) is 0 Å². The summed E-state index contributed by atoms with van der Waals surface area (Å²) < 4.78 is 0. The van der Waals surface area contributed by atoms with Crippen LogP contribution in [0.15, 0.2) is 29.4 Å². The zero-order valence-electron chi connectivity index (χ0n) is 11.3. The molecule has 0 radical (unpaired) electrons. The van der Waals surface area contributed by atoms with E-state index in [0.29, 0.717) is 5.75 Å². The second-order valence-corrected chi connectivity index (χ2v) is 5.57. The van der Waals surface area contributed by atoms with Gasteiger partial charge in [-0.05, 0) is 25.5 Å². The summed E-state index contributed by atoms with van der Waals surface area (Å²) in [5, 5.41) is 3.77. The number of carbonyl (C=O) groups is 1. The van der Waals surface area contributed by atoms with Crippen LogP contribution in [0.25, 0.3) is 11.0 Å². The molecule has 0 saturated heterocycles. The van der Waals surface area contributed by atoms with Crippen molar-refractivity contribution in [1.29, 1.82) is 0 Å². The topological polar surface area (TPSA) is 57.8 Å². The van der Waals surface area contributed by atoms with Gasteiger partial charge in [-0.3, -0.25) is 4.79 Å². The van der Waals surface area contributed by atoms with Crippen molar-refractivity contribution in [3.05, 3.63) is 24.3 Å². The number of aromatic amines is 1. The van der Waals surface area contributed by atoms with Gasteiger partial charge in [0.2, 0.25) is 5.91 Å². The monoisotopic (exact) mass is 277 g/mol. The summed E-state index contributed by atoms with van der Waals surface area (Å²) in [7, 11) is 0. The number of nitrogens with one attached hydrogen (secondary N) is 2. The first-order chi connectivity index (χ1) is 9.19. The molecule has 0 aliphatic rings. The first-order valence-electron chi connectivity index (χ1n) is 6.56. The van der Waals surface area contributed by atoms with Gasteiger partial charge in [-0.1, -0.05) is 37.2 Å². The van der Waals surface area contributed by atoms with Gasteiger partial charge in [0, 0.05) is 6.04 Å². The summed E-state index contributed by atoms with van der Waals surface area (Å²) in [4.78, 5) is 19.4. The molecular weight excluding hydrogens is 258 g/mol. The van der Waals surface area contributed by atoms with Crippen LogP contribution < -0.4 is 5.32 Å². The van der Waals surface area contributed by atoms with E-state index in [0.717, 1.165) is 29.0 Å². The third-order valence-electron chi connectivity index (χ3n) is 2.84. The zero-order chi connectivity index (χ0) is 13.7. The first-order valence-corrected chi connectivity index (χ1v) is 7.54. The molecule has 0 spiro atoms. The summed E-state index contributed by atoms with van der Waals surface area (Å²) in [6, 6.07) is 8.11. The van der Waals surface area contributed by atoms with E-state index in [1.165, 1.54) is 11.8 Å². The smallest absolute Gasteiger partial charge is 0.230 e. The highest BCUT2D eigenvalue weighted by atomic mass is 32.2. The molecule has 2 rings (SSSR count). The molecule has 19 heavy (non-hydrogen) atoms. The quantitative estimate of drug-likeness (QED) is 0.798. The normalized spacial score (nSPS) is 12.5. The van der Waals surface area contributed by atoms with Gasteiger partial charge in [0.25, 0.3) is 0 Å². The Hall–Kier alpha value is -1.49. The Kier molecular flexibility index (Phi) is 4.85. The molecule has 2 N–H and O–H groups in total. The van der Waals surface area contributed by atoms with Gasteiger partial charge in [-0.15, -0.1) is 0 Å². The van der Waals surface area contributed by atoms with Crippen LogP contribution in [0.1, 0.15) is 26.7 Å². The molecule has 102 valence electrons. The molecule has 0 bridgehead atoms. The van der Waals surface area contributed by atoms with E-state index in [4.69, 9.17) is 0 Å². The largest absolute Gasteiger partial charge is 0.353 e. The van der Waals surface area contributed by atoms with Crippen molar-refractivity contribution < 1.29 is 4.79 Å². The fraction of sp³-hybridized carbons (Fsp3) is 0.429. The van der Waals surface area contributed by atoms with Crippen LogP contribution >= 0.6 is 11.8 Å². The van der Waals surface area contributed by atoms with Crippen molar-refractivity contribution in [2.45, 2.75) is 37.9 Å². The van der Waals surface area contributed by atoms with E-state index in [1.54, 1.807) is 0 Å². The first kappa shape index (κ1) is 13.9. The maximum atomic E-state index is 11.7. The molecule has 0 fully saturated rings. The number of aromatic nitrogens is 2. The Bertz CT molecular complexity index is 519. The zero-order valence-corrected chi connectivity index (χ0v) is 12.1. The number of thioether (sulfide) groups is 1. The number of fused-ring (bicyclic) bond motifs is 1. The highest BCUT2D eigenvalue weighted by Gasteiger charge is 2.09. The lowest BCUT2D eigenvalue weighted by Gasteiger charge is -2.11. The van der Waals surface area contributed by atoms with Gasteiger partial charge in [0.1, 0.15) is 0 Å². The summed E-state index contributed by atoms with van der Waals surface area (Å²) in [6.07, 6.45) is 2.10. The van der Waals surface area contributed by atoms with Crippen molar-refractivity contribution in [2.24, 2.45) is 0 Å². The lowest BCUT2D eigenvalue weighted by Crippen LogP contribution is -2.33. The van der Waals surface area contributed by atoms with Gasteiger partial charge < -0.3 is 10.3 Å². The van der Waals surface area contributed by atoms with Crippen LogP contribution in [0.2, 0.25) is 0 Å². The van der Waals surface area contributed by atoms with E-state index in [1.807, 2.05) is 31.2 Å². The Labute approximate surface area is 117 Å². The SMILES string of the molecule is CCC[C@H](C)NC(=O)CSc1nc2ccccc2[nH]1. The predicted molar refractivity (Wildman–Crippen MR) is 79.3 cm³/mol. The molecule has 0 saturated carbocycles. The minimum atomic E-state index is 0.0615. The van der Waals surface area contributed by atoms with Gasteiger partial charge >= 0.3 is 0 Å². The molecular formula is C14H19N3OS. The van der Waals surface area contributed by atoms with E-state index in [9.17, 15) is 4.79 Å². The van der Waals surface area contributed by atoms with E-state index >= 15 is 0 Å². The van der Waals surface area contributed by atoms with Gasteiger partial charge in [-0.2, -0.15) is 0 Å². The van der Waals surface area contributed by atoms with Gasteiger partial charge in [0.05, 0.1) is 16.8 Å². The van der Waals surface area contributed by atoms with Crippen LogP contribution in [0.5, 0.6) is 0 Å². The molecule has 4 nitrogen and oxygen atoms in total. The Morgan fingerprint density at radius 1 is 1.47 bits per heavy atom. The average molecular weight is 277 g/mol. The van der Waals surface area contributed by atoms with Crippen LogP contribution in [0.3, 0.4) is 0 Å². The maximum absolute atomic E-state index is 11.7. The molecule has 0 aliphatic carbocycles. The van der Waals surface area contributed by atoms with E-state index in [2.05, 4.69) is 22.2 Å². The molecule has 0 unspecified atom stereocenters. The van der Waals surface area contributed by atoms with Crippen LogP contribution in [-0.4, -0.2) is 27.7 Å². The predicted octanol–water partition coefficient (Wildman–Crippen LogP) is 2.96. The maximum Gasteiger partial charge on any atom is 0.230 e. The number of benzene rings is 1. The van der Waals surface area contributed by atoms with Crippen molar-refractivity contribution in [3.63, 3.8) is 0 Å². The number of imidazole rings is 1. The Morgan fingerprint density at radius 2 is 2.26 bits per heavy atom. The summed E-state index contributed by atoms with van der Waals surface area (Å²) in [5.74, 6) is 0.458. The average Bonchev–Trinajstić information content (AvgIpc) is 2.79. The summed E-state index contributed by atoms with van der Waals surface area (Å²) in [5.41, 5.74) is 1.94. The van der Waals surface area contributed by atoms with Gasteiger partial charge in [0.15, 0.2) is 5.16 Å². The number of carbonyl (C=O) groups excluding carboxylic acids is 1. The Balaban J connectivity index is 1.86. The third-order valence-corrected chi connectivity index (χ3v) is 3.71. The van der Waals surface area contributed by atoms with E-state index in [-0.39, 0.29) is 11.9 Å². The van der Waals surface area contributed by atoms with Crippen molar-refractivity contribution in [2.75, 3.05) is 5.75 Å². The molecule has 1 atom stereocenters. The highest BCUT2D eigenvalue weighted by molar-refractivity contribution is 7.99. The second kappa shape index (κ2) is 6.61. The van der Waals surface area contributed by atoms with Crippen molar-refractivity contribution in [1.82, 2.24) is 15.3 Å². The highest BCUT2D eigenvalue weighted by Crippen LogP contribution is 2.18. The summed E-state index contributed by atoms with van der Waals surface area (Å²) >= 11 is 1.44. The van der Waals surface area contributed by atoms with Gasteiger partial charge in [-0.25, -0.2) is 4.98 Å². The number of nitrogens with zero attached hydrogens (tertiary/aromatic N) is 1. The molecule has 5 heteroatoms. The van der Waals surface area contributed by atoms with Crippen molar-refractivity contribution in [3.8, 4) is 0 Å². The van der Waals surface area contributed by atoms with Crippen molar-refractivity contribution >= 4 is 28.7 Å². The molecule has 1 aromatic heterocycles. The fourth-order valence-corrected chi connectivity index (χ4v) is 2.65. The number of hydrogen-bond acceptors (Lipinski definition) is 3. The number of amides is 1. The molecule has 1 aromatic carbocycles. The second-order valence-electron chi connectivity index (χ2n) is 4.61. The van der Waals surface area contributed by atoms with Crippen LogP contribution in [-0.2, 0) is 4.79 Å². The Morgan fingerprint density at radius 3 is 3.00 bits per heavy atom. The summed E-state index contributed by atoms with van der Waals surface area (Å²) in [6.45, 7) is 4.15. The molecule has 1 amide bonds. The minimum absolute atomic E-state index is 0.0615. The minimum Gasteiger partial charge on any atom is -0.353 e. The molecule has 2 aromatic rings. The number of para-hydroxylation sites is 2. The lowest BCUT2D eigenvalue weighted by atomic mass is 10.2. The number of H-pyrrole nitrogens is 1. The van der Waals surface area contributed by atoms with Crippen LogP contribution in [0.4, 0.5) is 0 Å². The third kappa shape index (κ3) is 3.99. The number of hydrogen-bond donors (Lipinski definition) is 2. The number of rotatable bonds is 6. The molecule has 0 aliphatic heterocycles.